The Bertz CT molecular complexity index is 1630. The summed E-state index contributed by atoms with van der Waals surface area (Å²) in [5, 5.41) is 45.4. The van der Waals surface area contributed by atoms with Crippen LogP contribution in [0.2, 0.25) is 0 Å². The lowest BCUT2D eigenvalue weighted by Crippen LogP contribution is -2.53. The van der Waals surface area contributed by atoms with Crippen LogP contribution in [0.15, 0.2) is 18.2 Å². The summed E-state index contributed by atoms with van der Waals surface area (Å²) in [4.78, 5) is 53.5. The number of phenols is 2. The molecule has 6 N–H and O–H groups in total. The molecule has 50 heavy (non-hydrogen) atoms. The summed E-state index contributed by atoms with van der Waals surface area (Å²) in [7, 11) is 1.32. The van der Waals surface area contributed by atoms with Gasteiger partial charge < -0.3 is 54.6 Å². The van der Waals surface area contributed by atoms with E-state index in [1.165, 1.54) is 25.3 Å². The third kappa shape index (κ3) is 7.26. The first-order valence-electron chi connectivity index (χ1n) is 16.5. The number of Topliss-reactive ketones (excluding diaryl/α,β-unsaturated/α-hetero) is 1. The second-order valence-corrected chi connectivity index (χ2v) is 12.6. The van der Waals surface area contributed by atoms with Gasteiger partial charge in [-0.05, 0) is 19.4 Å². The molecule has 2 aromatic carbocycles. The highest BCUT2D eigenvalue weighted by Gasteiger charge is 2.50. The zero-order valence-corrected chi connectivity index (χ0v) is 28.1. The molecule has 5 rings (SSSR count). The number of nitrogens with two attached hydrogens (primary N) is 1. The standard InChI is InChI=1S/C35H43NO14/c1-4-9-46-11-12-47-10-8-24(38)48-16-23(37)35(44)14-19-27(22(15-35)50-25-13-20(36)30(39)17(2)49-25)34(43)29-28(32(19)41)31(40)18-6-5-7-21(45-3)26(18)33(29)42/h5-7,17,20,22,25,30,39,41,43-44H,4,8-16,36H2,1-3H3/t17?,20?,22-,25?,30?,35-/m1/s1. The molecule has 3 aliphatic rings. The number of aliphatic hydroxyl groups excluding tert-OH is 1. The molecular formula is C35H43NO14. The molecule has 2 aliphatic carbocycles. The normalized spacial score (nSPS) is 25.8. The highest BCUT2D eigenvalue weighted by molar-refractivity contribution is 6.31. The van der Waals surface area contributed by atoms with Crippen molar-refractivity contribution in [2.24, 2.45) is 5.73 Å². The first kappa shape index (κ1) is 37.3. The van der Waals surface area contributed by atoms with E-state index in [0.717, 1.165) is 6.42 Å². The molecular weight excluding hydrogens is 658 g/mol. The van der Waals surface area contributed by atoms with Crippen LogP contribution in [0.25, 0.3) is 0 Å². The van der Waals surface area contributed by atoms with Crippen molar-refractivity contribution >= 4 is 23.3 Å². The molecule has 0 saturated carbocycles. The molecule has 0 bridgehead atoms. The van der Waals surface area contributed by atoms with Crippen molar-refractivity contribution in [3.8, 4) is 17.2 Å². The fourth-order valence-electron chi connectivity index (χ4n) is 6.58. The van der Waals surface area contributed by atoms with Crippen molar-refractivity contribution in [2.45, 2.75) is 82.2 Å². The minimum atomic E-state index is -2.34. The number of carbonyl (C=O) groups is 4. The van der Waals surface area contributed by atoms with Crippen LogP contribution in [0.4, 0.5) is 0 Å². The van der Waals surface area contributed by atoms with Gasteiger partial charge in [0.25, 0.3) is 0 Å². The third-order valence-electron chi connectivity index (χ3n) is 9.20. The smallest absolute Gasteiger partial charge is 0.308 e. The van der Waals surface area contributed by atoms with Crippen LogP contribution in [0.3, 0.4) is 0 Å². The molecule has 1 aliphatic heterocycles. The number of aromatic hydroxyl groups is 2. The van der Waals surface area contributed by atoms with Crippen LogP contribution in [-0.2, 0) is 39.7 Å². The maximum Gasteiger partial charge on any atom is 0.308 e. The lowest BCUT2D eigenvalue weighted by Gasteiger charge is -2.42. The Morgan fingerprint density at radius 1 is 1.02 bits per heavy atom. The van der Waals surface area contributed by atoms with Crippen molar-refractivity contribution in [1.82, 2.24) is 0 Å². The number of hydrogen-bond donors (Lipinski definition) is 5. The van der Waals surface area contributed by atoms with Gasteiger partial charge in [-0.25, -0.2) is 0 Å². The number of aliphatic hydroxyl groups is 2. The molecule has 0 amide bonds. The maximum atomic E-state index is 13.9. The van der Waals surface area contributed by atoms with E-state index in [1.54, 1.807) is 6.92 Å². The number of fused-ring (bicyclic) bond motifs is 3. The van der Waals surface area contributed by atoms with Gasteiger partial charge in [-0.1, -0.05) is 19.1 Å². The Morgan fingerprint density at radius 3 is 2.40 bits per heavy atom. The summed E-state index contributed by atoms with van der Waals surface area (Å²) in [6.07, 6.45) is -4.78. The summed E-state index contributed by atoms with van der Waals surface area (Å²) in [6.45, 7) is 3.95. The number of ether oxygens (including phenoxy) is 6. The molecule has 0 spiro atoms. The quantitative estimate of drug-likeness (QED) is 0.0908. The lowest BCUT2D eigenvalue weighted by atomic mass is 9.72. The first-order chi connectivity index (χ1) is 23.8. The maximum absolute atomic E-state index is 13.9. The number of hydrogen-bond acceptors (Lipinski definition) is 15. The minimum absolute atomic E-state index is 0.0200. The van der Waals surface area contributed by atoms with Crippen molar-refractivity contribution in [1.29, 1.82) is 0 Å². The predicted octanol–water partition coefficient (Wildman–Crippen LogP) is 1.39. The Hall–Kier alpha value is -3.96. The highest BCUT2D eigenvalue weighted by Crippen LogP contribution is 2.52. The monoisotopic (exact) mass is 701 g/mol. The zero-order chi connectivity index (χ0) is 36.3. The Labute approximate surface area is 288 Å². The molecule has 4 unspecified atom stereocenters. The minimum Gasteiger partial charge on any atom is -0.507 e. The Kier molecular flexibility index (Phi) is 11.6. The number of ketones is 3. The van der Waals surface area contributed by atoms with Crippen LogP contribution < -0.4 is 10.5 Å². The average Bonchev–Trinajstić information content (AvgIpc) is 3.08. The molecule has 1 heterocycles. The molecule has 6 atom stereocenters. The fraction of sp³-hybridized carbons (Fsp3) is 0.543. The van der Waals surface area contributed by atoms with Crippen molar-refractivity contribution in [3.05, 3.63) is 51.6 Å². The van der Waals surface area contributed by atoms with Gasteiger partial charge in [-0.2, -0.15) is 0 Å². The van der Waals surface area contributed by atoms with Gasteiger partial charge in [0, 0.05) is 48.6 Å². The second-order valence-electron chi connectivity index (χ2n) is 12.6. The number of phenolic OH excluding ortho intramolecular Hbond substituents is 2. The van der Waals surface area contributed by atoms with Crippen LogP contribution in [0.5, 0.6) is 17.2 Å². The molecule has 15 heteroatoms. The van der Waals surface area contributed by atoms with Gasteiger partial charge in [0.1, 0.15) is 22.8 Å². The van der Waals surface area contributed by atoms with Gasteiger partial charge in [-0.15, -0.1) is 0 Å². The summed E-state index contributed by atoms with van der Waals surface area (Å²) in [6, 6.07) is 3.58. The summed E-state index contributed by atoms with van der Waals surface area (Å²) in [5.74, 6) is -4.64. The predicted molar refractivity (Wildman–Crippen MR) is 172 cm³/mol. The van der Waals surface area contributed by atoms with E-state index in [-0.39, 0.29) is 54.1 Å². The molecule has 1 fully saturated rings. The Balaban J connectivity index is 1.45. The molecule has 15 nitrogen and oxygen atoms in total. The molecule has 0 radical (unpaired) electrons. The van der Waals surface area contributed by atoms with E-state index < -0.39 is 102 Å². The molecule has 2 aromatic rings. The van der Waals surface area contributed by atoms with E-state index in [4.69, 9.17) is 34.2 Å². The van der Waals surface area contributed by atoms with Crippen LogP contribution in [0.1, 0.15) is 88.6 Å². The number of methoxy groups -OCH3 is 1. The zero-order valence-electron chi connectivity index (χ0n) is 28.1. The van der Waals surface area contributed by atoms with E-state index >= 15 is 0 Å². The van der Waals surface area contributed by atoms with E-state index in [0.29, 0.717) is 13.2 Å². The number of esters is 1. The largest absolute Gasteiger partial charge is 0.507 e. The van der Waals surface area contributed by atoms with E-state index in [1.807, 2.05) is 6.92 Å². The van der Waals surface area contributed by atoms with Crippen molar-refractivity contribution < 1.29 is 68.0 Å². The molecule has 272 valence electrons. The second kappa shape index (κ2) is 15.5. The molecule has 1 saturated heterocycles. The van der Waals surface area contributed by atoms with Gasteiger partial charge in [0.15, 0.2) is 18.7 Å². The summed E-state index contributed by atoms with van der Waals surface area (Å²) >= 11 is 0. The van der Waals surface area contributed by atoms with Crippen molar-refractivity contribution in [2.75, 3.05) is 40.1 Å². The number of rotatable bonds is 14. The van der Waals surface area contributed by atoms with Gasteiger partial charge in [0.2, 0.25) is 11.6 Å². The number of carbonyl (C=O) groups excluding carboxylic acids is 4. The first-order valence-corrected chi connectivity index (χ1v) is 16.5. The SMILES string of the molecule is CCCOCCOCCC(=O)OCC(=O)[C@@]1(O)Cc2c(O)c3c(c(O)c2[C@H](OC2CC(N)C(O)C(C)O2)C1)C(=O)c1c(OC)cccc1C3=O. The molecule has 0 aromatic heterocycles. The Morgan fingerprint density at radius 2 is 1.72 bits per heavy atom. The van der Waals surface area contributed by atoms with E-state index in [9.17, 15) is 39.6 Å². The van der Waals surface area contributed by atoms with E-state index in [2.05, 4.69) is 0 Å². The number of benzene rings is 2. The summed E-state index contributed by atoms with van der Waals surface area (Å²) in [5.41, 5.74) is 2.19. The highest BCUT2D eigenvalue weighted by atomic mass is 16.7. The topological polar surface area (TPSA) is 231 Å². The van der Waals surface area contributed by atoms with Crippen LogP contribution in [0, 0.1) is 0 Å². The van der Waals surface area contributed by atoms with Gasteiger partial charge in [-0.3, -0.25) is 19.2 Å². The lowest BCUT2D eigenvalue weighted by molar-refractivity contribution is -0.247. The van der Waals surface area contributed by atoms with Gasteiger partial charge >= 0.3 is 5.97 Å². The van der Waals surface area contributed by atoms with Gasteiger partial charge in [0.05, 0.1) is 68.4 Å². The summed E-state index contributed by atoms with van der Waals surface area (Å²) < 4.78 is 33.0. The third-order valence-corrected chi connectivity index (χ3v) is 9.20. The average molecular weight is 702 g/mol. The fourth-order valence-corrected chi connectivity index (χ4v) is 6.58. The van der Waals surface area contributed by atoms with Crippen LogP contribution >= 0.6 is 0 Å². The van der Waals surface area contributed by atoms with Crippen LogP contribution in [-0.4, -0.2) is 114 Å². The van der Waals surface area contributed by atoms with Crippen molar-refractivity contribution in [3.63, 3.8) is 0 Å².